The van der Waals surface area contributed by atoms with Crippen molar-refractivity contribution in [2.75, 3.05) is 32.7 Å². The lowest BCUT2D eigenvalue weighted by Gasteiger charge is -2.34. The summed E-state index contributed by atoms with van der Waals surface area (Å²) in [5.74, 6) is 0.244. The maximum absolute atomic E-state index is 12.1. The van der Waals surface area contributed by atoms with E-state index in [4.69, 9.17) is 4.52 Å². The first kappa shape index (κ1) is 12.9. The molecule has 20 heavy (non-hydrogen) atoms. The van der Waals surface area contributed by atoms with Gasteiger partial charge in [0, 0.05) is 57.7 Å². The van der Waals surface area contributed by atoms with Crippen LogP contribution in [0.5, 0.6) is 0 Å². The highest BCUT2D eigenvalue weighted by Gasteiger charge is 2.23. The quantitative estimate of drug-likeness (QED) is 0.804. The molecule has 0 unspecified atom stereocenters. The van der Waals surface area contributed by atoms with Gasteiger partial charge in [0.1, 0.15) is 0 Å². The van der Waals surface area contributed by atoms with Crippen molar-refractivity contribution < 1.29 is 9.32 Å². The second-order valence-electron chi connectivity index (χ2n) is 4.81. The van der Waals surface area contributed by atoms with Crippen LogP contribution in [0.25, 0.3) is 0 Å². The number of hydrogen-bond donors (Lipinski definition) is 0. The first-order valence-electron chi connectivity index (χ1n) is 6.71. The zero-order valence-electron chi connectivity index (χ0n) is 11.2. The van der Waals surface area contributed by atoms with E-state index in [1.165, 1.54) is 6.20 Å². The van der Waals surface area contributed by atoms with Gasteiger partial charge >= 0.3 is 0 Å². The number of carbonyl (C=O) groups is 1. The van der Waals surface area contributed by atoms with Crippen LogP contribution in [-0.4, -0.2) is 63.1 Å². The maximum Gasteiger partial charge on any atom is 0.292 e. The van der Waals surface area contributed by atoms with Gasteiger partial charge in [0.15, 0.2) is 0 Å². The summed E-state index contributed by atoms with van der Waals surface area (Å²) in [5.41, 5.74) is 0. The fraction of sp³-hybridized carbons (Fsp3) is 0.462. The van der Waals surface area contributed by atoms with Crippen molar-refractivity contribution in [1.29, 1.82) is 0 Å². The Morgan fingerprint density at radius 3 is 2.70 bits per heavy atom. The molecule has 1 aliphatic heterocycles. The number of piperazine rings is 1. The van der Waals surface area contributed by atoms with Crippen LogP contribution in [0.1, 0.15) is 10.6 Å². The summed E-state index contributed by atoms with van der Waals surface area (Å²) in [6.07, 6.45) is 7.07. The number of hydrogen-bond acceptors (Lipinski definition) is 5. The smallest absolute Gasteiger partial charge is 0.292 e. The Labute approximate surface area is 116 Å². The lowest BCUT2D eigenvalue weighted by atomic mass is 10.3. The standard InChI is InChI=1S/C13H17N5O2/c19-13(12-1-2-15-20-12)18-9-7-16(8-10-18)5-6-17-4-3-14-11-17/h1-4,11H,5-10H2. The maximum atomic E-state index is 12.1. The Morgan fingerprint density at radius 1 is 1.20 bits per heavy atom. The molecular weight excluding hydrogens is 258 g/mol. The van der Waals surface area contributed by atoms with E-state index in [1.54, 1.807) is 12.3 Å². The molecule has 7 nitrogen and oxygen atoms in total. The minimum absolute atomic E-state index is 0.0724. The Bertz CT molecular complexity index is 529. The third-order valence-corrected chi connectivity index (χ3v) is 3.54. The molecule has 106 valence electrons. The zero-order chi connectivity index (χ0) is 13.8. The third-order valence-electron chi connectivity index (χ3n) is 3.54. The topological polar surface area (TPSA) is 67.4 Å². The molecule has 3 heterocycles. The van der Waals surface area contributed by atoms with Gasteiger partial charge in [-0.1, -0.05) is 5.16 Å². The van der Waals surface area contributed by atoms with Crippen molar-refractivity contribution >= 4 is 5.91 Å². The molecule has 0 bridgehead atoms. The molecule has 0 radical (unpaired) electrons. The van der Waals surface area contributed by atoms with E-state index in [0.717, 1.165) is 39.3 Å². The molecule has 7 heteroatoms. The van der Waals surface area contributed by atoms with Gasteiger partial charge in [-0.2, -0.15) is 0 Å². The van der Waals surface area contributed by atoms with E-state index < -0.39 is 0 Å². The summed E-state index contributed by atoms with van der Waals surface area (Å²) in [7, 11) is 0. The first-order valence-corrected chi connectivity index (χ1v) is 6.71. The molecule has 0 aliphatic carbocycles. The molecule has 1 amide bonds. The molecule has 0 N–H and O–H groups in total. The largest absolute Gasteiger partial charge is 0.351 e. The minimum atomic E-state index is -0.0724. The Morgan fingerprint density at radius 2 is 2.05 bits per heavy atom. The van der Waals surface area contributed by atoms with Crippen LogP contribution in [0.15, 0.2) is 35.5 Å². The van der Waals surface area contributed by atoms with E-state index in [1.807, 2.05) is 17.4 Å². The van der Waals surface area contributed by atoms with Crippen LogP contribution in [0.4, 0.5) is 0 Å². The molecule has 0 saturated carbocycles. The molecule has 0 aromatic carbocycles. The lowest BCUT2D eigenvalue weighted by molar-refractivity contribution is 0.0593. The van der Waals surface area contributed by atoms with Gasteiger partial charge < -0.3 is 14.0 Å². The third kappa shape index (κ3) is 2.88. The second-order valence-corrected chi connectivity index (χ2v) is 4.81. The van der Waals surface area contributed by atoms with Gasteiger partial charge in [-0.05, 0) is 0 Å². The van der Waals surface area contributed by atoms with Crippen molar-refractivity contribution in [3.8, 4) is 0 Å². The number of carbonyl (C=O) groups excluding carboxylic acids is 1. The Kier molecular flexibility index (Phi) is 3.78. The highest BCUT2D eigenvalue weighted by molar-refractivity contribution is 5.91. The molecule has 1 aliphatic rings. The predicted molar refractivity (Wildman–Crippen MR) is 71.1 cm³/mol. The molecule has 0 atom stereocenters. The SMILES string of the molecule is O=C(c1ccno1)N1CCN(CCn2ccnc2)CC1. The molecular formula is C13H17N5O2. The molecule has 1 saturated heterocycles. The Balaban J connectivity index is 1.46. The predicted octanol–water partition coefficient (Wildman–Crippen LogP) is 0.329. The van der Waals surface area contributed by atoms with Gasteiger partial charge in [0.25, 0.3) is 5.91 Å². The van der Waals surface area contributed by atoms with Gasteiger partial charge in [-0.3, -0.25) is 9.69 Å². The minimum Gasteiger partial charge on any atom is -0.351 e. The number of nitrogens with zero attached hydrogens (tertiary/aromatic N) is 5. The van der Waals surface area contributed by atoms with Crippen molar-refractivity contribution in [1.82, 2.24) is 24.5 Å². The van der Waals surface area contributed by atoms with Crippen LogP contribution in [0.2, 0.25) is 0 Å². The van der Waals surface area contributed by atoms with Crippen LogP contribution in [0, 0.1) is 0 Å². The van der Waals surface area contributed by atoms with Gasteiger partial charge in [-0.25, -0.2) is 4.98 Å². The first-order chi connectivity index (χ1) is 9.83. The van der Waals surface area contributed by atoms with E-state index in [2.05, 4.69) is 19.6 Å². The summed E-state index contributed by atoms with van der Waals surface area (Å²) in [6, 6.07) is 1.60. The summed E-state index contributed by atoms with van der Waals surface area (Å²) in [6.45, 7) is 5.12. The second kappa shape index (κ2) is 5.87. The summed E-state index contributed by atoms with van der Waals surface area (Å²) >= 11 is 0. The monoisotopic (exact) mass is 275 g/mol. The van der Waals surface area contributed by atoms with Crippen molar-refractivity contribution in [3.05, 3.63) is 36.7 Å². The van der Waals surface area contributed by atoms with E-state index in [9.17, 15) is 4.79 Å². The van der Waals surface area contributed by atoms with Crippen molar-refractivity contribution in [2.45, 2.75) is 6.54 Å². The fourth-order valence-electron chi connectivity index (χ4n) is 2.33. The summed E-state index contributed by atoms with van der Waals surface area (Å²) in [4.78, 5) is 20.3. The fourth-order valence-corrected chi connectivity index (χ4v) is 2.33. The summed E-state index contributed by atoms with van der Waals surface area (Å²) < 4.78 is 6.97. The highest BCUT2D eigenvalue weighted by atomic mass is 16.5. The highest BCUT2D eigenvalue weighted by Crippen LogP contribution is 2.08. The molecule has 3 rings (SSSR count). The number of amides is 1. The van der Waals surface area contributed by atoms with Crippen molar-refractivity contribution in [2.24, 2.45) is 0 Å². The van der Waals surface area contributed by atoms with Gasteiger partial charge in [-0.15, -0.1) is 0 Å². The van der Waals surface area contributed by atoms with Crippen LogP contribution in [0.3, 0.4) is 0 Å². The zero-order valence-corrected chi connectivity index (χ0v) is 11.2. The van der Waals surface area contributed by atoms with Crippen LogP contribution in [-0.2, 0) is 6.54 Å². The van der Waals surface area contributed by atoms with E-state index in [0.29, 0.717) is 5.76 Å². The molecule has 1 fully saturated rings. The van der Waals surface area contributed by atoms with Crippen molar-refractivity contribution in [3.63, 3.8) is 0 Å². The van der Waals surface area contributed by atoms with Crippen LogP contribution < -0.4 is 0 Å². The summed E-state index contributed by atoms with van der Waals surface area (Å²) in [5, 5.41) is 3.57. The molecule has 0 spiro atoms. The average molecular weight is 275 g/mol. The molecule has 2 aromatic rings. The Hall–Kier alpha value is -2.15. The normalized spacial score (nSPS) is 16.5. The molecule has 2 aromatic heterocycles. The van der Waals surface area contributed by atoms with E-state index in [-0.39, 0.29) is 5.91 Å². The number of aromatic nitrogens is 3. The van der Waals surface area contributed by atoms with Gasteiger partial charge in [0.05, 0.1) is 12.5 Å². The lowest BCUT2D eigenvalue weighted by Crippen LogP contribution is -2.49. The van der Waals surface area contributed by atoms with Gasteiger partial charge in [0.2, 0.25) is 5.76 Å². The average Bonchev–Trinajstić information content (AvgIpc) is 3.18. The van der Waals surface area contributed by atoms with Crippen LogP contribution >= 0.6 is 0 Å². The number of rotatable bonds is 4. The van der Waals surface area contributed by atoms with E-state index >= 15 is 0 Å². The number of imidazole rings is 1.